The van der Waals surface area contributed by atoms with Gasteiger partial charge in [0, 0.05) is 10.9 Å². The van der Waals surface area contributed by atoms with Crippen LogP contribution in [0.3, 0.4) is 0 Å². The van der Waals surface area contributed by atoms with Crippen molar-refractivity contribution in [2.24, 2.45) is 0 Å². The summed E-state index contributed by atoms with van der Waals surface area (Å²) < 4.78 is 42.3. The molecule has 0 aliphatic carbocycles. The lowest BCUT2D eigenvalue weighted by Crippen LogP contribution is -2.19. The van der Waals surface area contributed by atoms with E-state index in [1.54, 1.807) is 54.6 Å². The van der Waals surface area contributed by atoms with Crippen LogP contribution < -0.4 is 10.5 Å². The van der Waals surface area contributed by atoms with Crippen LogP contribution in [0.4, 0.5) is 18.9 Å². The Bertz CT molecular complexity index is 817. The van der Waals surface area contributed by atoms with Gasteiger partial charge in [-0.2, -0.15) is 0 Å². The zero-order valence-electron chi connectivity index (χ0n) is 11.3. The minimum absolute atomic E-state index is 0.0640. The minimum atomic E-state index is -4.85. The molecule has 6 heteroatoms. The van der Waals surface area contributed by atoms with Gasteiger partial charge in [0.05, 0.1) is 11.2 Å². The molecule has 3 aromatic rings. The zero-order chi connectivity index (χ0) is 15.7. The van der Waals surface area contributed by atoms with Crippen LogP contribution in [-0.4, -0.2) is 11.3 Å². The molecule has 3 nitrogen and oxygen atoms in total. The maximum absolute atomic E-state index is 12.7. The number of hydrogen-bond acceptors (Lipinski definition) is 3. The Kier molecular flexibility index (Phi) is 3.36. The molecular weight excluding hydrogens is 293 g/mol. The Balaban J connectivity index is 2.31. The number of nitrogens with zero attached hydrogens (tertiary/aromatic N) is 1. The van der Waals surface area contributed by atoms with E-state index in [-0.39, 0.29) is 11.4 Å². The molecule has 0 unspecified atom stereocenters. The SMILES string of the molecule is Nc1c(OC(F)(F)F)c(-c2ccccc2)nc2ccccc12. The van der Waals surface area contributed by atoms with E-state index in [9.17, 15) is 13.2 Å². The van der Waals surface area contributed by atoms with Crippen molar-refractivity contribution in [1.29, 1.82) is 0 Å². The van der Waals surface area contributed by atoms with E-state index in [4.69, 9.17) is 5.73 Å². The summed E-state index contributed by atoms with van der Waals surface area (Å²) in [4.78, 5) is 4.29. The second-order valence-corrected chi connectivity index (χ2v) is 4.63. The van der Waals surface area contributed by atoms with Crippen LogP contribution in [0.5, 0.6) is 5.75 Å². The van der Waals surface area contributed by atoms with E-state index in [1.807, 2.05) is 0 Å². The largest absolute Gasteiger partial charge is 0.573 e. The standard InChI is InChI=1S/C16H11F3N2O/c17-16(18,19)22-15-13(20)11-8-4-5-9-12(11)21-14(15)10-6-2-1-3-7-10/h1-9H,(H2,20,21). The lowest BCUT2D eigenvalue weighted by molar-refractivity contribution is -0.274. The maximum Gasteiger partial charge on any atom is 0.573 e. The number of anilines is 1. The Morgan fingerprint density at radius 1 is 0.909 bits per heavy atom. The number of nitrogens with two attached hydrogens (primary N) is 1. The van der Waals surface area contributed by atoms with E-state index in [0.29, 0.717) is 16.5 Å². The highest BCUT2D eigenvalue weighted by atomic mass is 19.4. The molecule has 3 rings (SSSR count). The topological polar surface area (TPSA) is 48.1 Å². The number of pyridine rings is 1. The fraction of sp³-hybridized carbons (Fsp3) is 0.0625. The quantitative estimate of drug-likeness (QED) is 0.764. The molecule has 0 amide bonds. The van der Waals surface area contributed by atoms with Crippen LogP contribution in [0.2, 0.25) is 0 Å². The van der Waals surface area contributed by atoms with Crippen molar-refractivity contribution in [2.75, 3.05) is 5.73 Å². The molecule has 112 valence electrons. The summed E-state index contributed by atoms with van der Waals surface area (Å²) in [6, 6.07) is 15.2. The Morgan fingerprint density at radius 2 is 1.55 bits per heavy atom. The first-order chi connectivity index (χ1) is 10.5. The third kappa shape index (κ3) is 2.67. The third-order valence-electron chi connectivity index (χ3n) is 3.15. The number of alkyl halides is 3. The van der Waals surface area contributed by atoms with Crippen LogP contribution in [0.15, 0.2) is 54.6 Å². The number of halogens is 3. The first kappa shape index (κ1) is 14.2. The second kappa shape index (κ2) is 5.22. The molecule has 0 aliphatic rings. The predicted octanol–water partition coefficient (Wildman–Crippen LogP) is 4.38. The van der Waals surface area contributed by atoms with Gasteiger partial charge in [-0.05, 0) is 6.07 Å². The van der Waals surface area contributed by atoms with E-state index in [1.165, 1.54) is 0 Å². The van der Waals surface area contributed by atoms with Crippen LogP contribution in [-0.2, 0) is 0 Å². The molecule has 22 heavy (non-hydrogen) atoms. The van der Waals surface area contributed by atoms with Gasteiger partial charge in [-0.3, -0.25) is 0 Å². The van der Waals surface area contributed by atoms with Gasteiger partial charge < -0.3 is 10.5 Å². The average Bonchev–Trinajstić information content (AvgIpc) is 2.50. The van der Waals surface area contributed by atoms with Crippen molar-refractivity contribution in [3.8, 4) is 17.0 Å². The van der Waals surface area contributed by atoms with Gasteiger partial charge in [-0.15, -0.1) is 13.2 Å². The van der Waals surface area contributed by atoms with Crippen LogP contribution in [0.1, 0.15) is 0 Å². The second-order valence-electron chi connectivity index (χ2n) is 4.63. The number of ether oxygens (including phenoxy) is 1. The number of aromatic nitrogens is 1. The fourth-order valence-corrected chi connectivity index (χ4v) is 2.23. The number of hydrogen-bond donors (Lipinski definition) is 1. The first-order valence-corrected chi connectivity index (χ1v) is 6.45. The molecule has 0 saturated carbocycles. The summed E-state index contributed by atoms with van der Waals surface area (Å²) in [5.74, 6) is -0.475. The summed E-state index contributed by atoms with van der Waals surface area (Å²) in [5, 5.41) is 0.418. The normalized spacial score (nSPS) is 11.6. The number of para-hydroxylation sites is 1. The van der Waals surface area contributed by atoms with E-state index >= 15 is 0 Å². The summed E-state index contributed by atoms with van der Waals surface area (Å²) in [5.41, 5.74) is 6.89. The molecule has 0 radical (unpaired) electrons. The van der Waals surface area contributed by atoms with Crippen molar-refractivity contribution in [3.05, 3.63) is 54.6 Å². The number of nitrogen functional groups attached to an aromatic ring is 1. The Morgan fingerprint density at radius 3 is 2.23 bits per heavy atom. The van der Waals surface area contributed by atoms with Crippen LogP contribution >= 0.6 is 0 Å². The third-order valence-corrected chi connectivity index (χ3v) is 3.15. The smallest absolute Gasteiger partial charge is 0.401 e. The number of fused-ring (bicyclic) bond motifs is 1. The first-order valence-electron chi connectivity index (χ1n) is 6.45. The fourth-order valence-electron chi connectivity index (χ4n) is 2.23. The lowest BCUT2D eigenvalue weighted by Gasteiger charge is -2.16. The van der Waals surface area contributed by atoms with Gasteiger partial charge in [0.1, 0.15) is 5.69 Å². The van der Waals surface area contributed by atoms with Gasteiger partial charge in [0.15, 0.2) is 5.75 Å². The molecule has 1 aromatic heterocycles. The summed E-state index contributed by atoms with van der Waals surface area (Å²) in [6.07, 6.45) is -4.85. The van der Waals surface area contributed by atoms with Crippen molar-refractivity contribution >= 4 is 16.6 Å². The van der Waals surface area contributed by atoms with Crippen LogP contribution in [0, 0.1) is 0 Å². The van der Waals surface area contributed by atoms with E-state index in [0.717, 1.165) is 0 Å². The molecule has 0 bridgehead atoms. The molecule has 0 atom stereocenters. The summed E-state index contributed by atoms with van der Waals surface area (Å²) >= 11 is 0. The highest BCUT2D eigenvalue weighted by Crippen LogP contribution is 2.40. The number of benzene rings is 2. The molecule has 0 saturated heterocycles. The van der Waals surface area contributed by atoms with Gasteiger partial charge >= 0.3 is 6.36 Å². The minimum Gasteiger partial charge on any atom is -0.401 e. The molecule has 0 spiro atoms. The molecular formula is C16H11F3N2O. The average molecular weight is 304 g/mol. The predicted molar refractivity (Wildman–Crippen MR) is 78.3 cm³/mol. The highest BCUT2D eigenvalue weighted by Gasteiger charge is 2.34. The Labute approximate surface area is 124 Å². The van der Waals surface area contributed by atoms with Gasteiger partial charge in [0.2, 0.25) is 0 Å². The monoisotopic (exact) mass is 304 g/mol. The van der Waals surface area contributed by atoms with Crippen molar-refractivity contribution < 1.29 is 17.9 Å². The van der Waals surface area contributed by atoms with Crippen molar-refractivity contribution in [1.82, 2.24) is 4.98 Å². The van der Waals surface area contributed by atoms with Gasteiger partial charge in [-0.25, -0.2) is 4.98 Å². The van der Waals surface area contributed by atoms with Crippen molar-refractivity contribution in [3.63, 3.8) is 0 Å². The summed E-state index contributed by atoms with van der Waals surface area (Å²) in [6.45, 7) is 0. The molecule has 2 N–H and O–H groups in total. The van der Waals surface area contributed by atoms with Gasteiger partial charge in [0.25, 0.3) is 0 Å². The van der Waals surface area contributed by atoms with Gasteiger partial charge in [-0.1, -0.05) is 48.5 Å². The molecule has 0 fully saturated rings. The van der Waals surface area contributed by atoms with E-state index < -0.39 is 12.1 Å². The van der Waals surface area contributed by atoms with E-state index in [2.05, 4.69) is 9.72 Å². The number of rotatable bonds is 2. The van der Waals surface area contributed by atoms with Crippen LogP contribution in [0.25, 0.3) is 22.2 Å². The maximum atomic E-state index is 12.7. The summed E-state index contributed by atoms with van der Waals surface area (Å²) in [7, 11) is 0. The molecule has 0 aliphatic heterocycles. The molecule has 2 aromatic carbocycles. The highest BCUT2D eigenvalue weighted by molar-refractivity contribution is 5.97. The zero-order valence-corrected chi connectivity index (χ0v) is 11.3. The molecule has 1 heterocycles. The Hall–Kier alpha value is -2.76. The lowest BCUT2D eigenvalue weighted by atomic mass is 10.1. The van der Waals surface area contributed by atoms with Crippen molar-refractivity contribution in [2.45, 2.75) is 6.36 Å².